The first-order valence-corrected chi connectivity index (χ1v) is 7.40. The van der Waals surface area contributed by atoms with E-state index in [1.54, 1.807) is 0 Å². The van der Waals surface area contributed by atoms with Crippen molar-refractivity contribution < 1.29 is 0 Å². The fraction of sp³-hybridized carbons (Fsp3) is 0.571. The van der Waals surface area contributed by atoms with Gasteiger partial charge < -0.3 is 9.55 Å². The molecule has 20 heavy (non-hydrogen) atoms. The van der Waals surface area contributed by atoms with E-state index in [1.807, 2.05) is 6.20 Å². The maximum Gasteiger partial charge on any atom is 0.166 e. The molecule has 0 aromatic carbocycles. The van der Waals surface area contributed by atoms with Crippen molar-refractivity contribution in [2.24, 2.45) is 7.05 Å². The SMILES string of the molecule is CC(C)c1ncc(CC(C)(C)c2nc(Cl)c(Cl)[nH]2)n1C. The van der Waals surface area contributed by atoms with Crippen LogP contribution in [0.1, 0.15) is 51.0 Å². The average Bonchev–Trinajstić information content (AvgIpc) is 2.85. The predicted octanol–water partition coefficient (Wildman–Crippen LogP) is 4.09. The molecule has 0 bridgehead atoms. The second-order valence-electron chi connectivity index (χ2n) is 6.07. The molecule has 2 aromatic heterocycles. The number of aromatic nitrogens is 4. The number of hydrogen-bond acceptors (Lipinski definition) is 2. The van der Waals surface area contributed by atoms with E-state index in [0.717, 1.165) is 18.1 Å². The number of nitrogens with one attached hydrogen (secondary N) is 1. The lowest BCUT2D eigenvalue weighted by Crippen LogP contribution is -2.24. The average molecular weight is 315 g/mol. The fourth-order valence-electron chi connectivity index (χ4n) is 2.35. The van der Waals surface area contributed by atoms with Gasteiger partial charge in [0.25, 0.3) is 0 Å². The second kappa shape index (κ2) is 5.41. The largest absolute Gasteiger partial charge is 0.335 e. The third kappa shape index (κ3) is 2.86. The summed E-state index contributed by atoms with van der Waals surface area (Å²) in [5.74, 6) is 2.29. The molecule has 0 saturated heterocycles. The van der Waals surface area contributed by atoms with Crippen molar-refractivity contribution in [3.05, 3.63) is 33.8 Å². The van der Waals surface area contributed by atoms with Gasteiger partial charge in [0.1, 0.15) is 16.8 Å². The van der Waals surface area contributed by atoms with E-state index in [2.05, 4.69) is 54.3 Å². The molecule has 2 rings (SSSR count). The molecule has 0 fully saturated rings. The highest BCUT2D eigenvalue weighted by Gasteiger charge is 2.27. The molecule has 0 saturated carbocycles. The monoisotopic (exact) mass is 314 g/mol. The van der Waals surface area contributed by atoms with Crippen LogP contribution < -0.4 is 0 Å². The third-order valence-electron chi connectivity index (χ3n) is 3.52. The maximum absolute atomic E-state index is 5.95. The van der Waals surface area contributed by atoms with Gasteiger partial charge in [0.15, 0.2) is 5.15 Å². The highest BCUT2D eigenvalue weighted by molar-refractivity contribution is 6.40. The predicted molar refractivity (Wildman–Crippen MR) is 82.6 cm³/mol. The number of hydrogen-bond donors (Lipinski definition) is 1. The first kappa shape index (κ1) is 15.4. The van der Waals surface area contributed by atoms with E-state index in [1.165, 1.54) is 5.69 Å². The molecule has 4 nitrogen and oxygen atoms in total. The van der Waals surface area contributed by atoms with Crippen molar-refractivity contribution in [2.75, 3.05) is 0 Å². The van der Waals surface area contributed by atoms with E-state index in [9.17, 15) is 0 Å². The number of rotatable bonds is 4. The first-order chi connectivity index (χ1) is 9.22. The van der Waals surface area contributed by atoms with E-state index >= 15 is 0 Å². The summed E-state index contributed by atoms with van der Waals surface area (Å²) in [6.07, 6.45) is 2.74. The Balaban J connectivity index is 2.28. The van der Waals surface area contributed by atoms with Gasteiger partial charge in [-0.15, -0.1) is 0 Å². The fourth-order valence-corrected chi connectivity index (χ4v) is 2.61. The van der Waals surface area contributed by atoms with Crippen LogP contribution in [-0.2, 0) is 18.9 Å². The van der Waals surface area contributed by atoms with Gasteiger partial charge in [-0.3, -0.25) is 0 Å². The van der Waals surface area contributed by atoms with Crippen LogP contribution in [-0.4, -0.2) is 19.5 Å². The molecule has 1 N–H and O–H groups in total. The smallest absolute Gasteiger partial charge is 0.166 e. The van der Waals surface area contributed by atoms with Gasteiger partial charge in [-0.2, -0.15) is 0 Å². The van der Waals surface area contributed by atoms with E-state index < -0.39 is 0 Å². The molecule has 0 atom stereocenters. The van der Waals surface area contributed by atoms with Crippen LogP contribution in [0.3, 0.4) is 0 Å². The Morgan fingerprint density at radius 1 is 1.35 bits per heavy atom. The summed E-state index contributed by atoms with van der Waals surface area (Å²) < 4.78 is 2.15. The summed E-state index contributed by atoms with van der Waals surface area (Å²) in [6, 6.07) is 0. The van der Waals surface area contributed by atoms with Crippen molar-refractivity contribution >= 4 is 23.2 Å². The van der Waals surface area contributed by atoms with Crippen LogP contribution >= 0.6 is 23.2 Å². The van der Waals surface area contributed by atoms with Crippen molar-refractivity contribution in [1.82, 2.24) is 19.5 Å². The van der Waals surface area contributed by atoms with E-state index in [-0.39, 0.29) is 5.41 Å². The highest BCUT2D eigenvalue weighted by Crippen LogP contribution is 2.30. The summed E-state index contributed by atoms with van der Waals surface area (Å²) in [7, 11) is 2.05. The quantitative estimate of drug-likeness (QED) is 0.923. The minimum atomic E-state index is -0.196. The summed E-state index contributed by atoms with van der Waals surface area (Å²) in [5, 5.41) is 0.713. The molecular weight excluding hydrogens is 295 g/mol. The Kier molecular flexibility index (Phi) is 4.17. The van der Waals surface area contributed by atoms with Crippen LogP contribution in [0.4, 0.5) is 0 Å². The molecule has 6 heteroatoms. The Morgan fingerprint density at radius 2 is 2.00 bits per heavy atom. The van der Waals surface area contributed by atoms with Crippen LogP contribution in [0.25, 0.3) is 0 Å². The molecule has 0 amide bonds. The lowest BCUT2D eigenvalue weighted by Gasteiger charge is -2.22. The number of nitrogens with zero attached hydrogens (tertiary/aromatic N) is 3. The topological polar surface area (TPSA) is 46.5 Å². The van der Waals surface area contributed by atoms with Gasteiger partial charge in [-0.05, 0) is 0 Å². The lowest BCUT2D eigenvalue weighted by atomic mass is 9.87. The van der Waals surface area contributed by atoms with Gasteiger partial charge in [0.2, 0.25) is 0 Å². The van der Waals surface area contributed by atoms with E-state index in [0.29, 0.717) is 16.2 Å². The van der Waals surface area contributed by atoms with Crippen LogP contribution in [0.2, 0.25) is 10.3 Å². The zero-order valence-corrected chi connectivity index (χ0v) is 14.0. The molecule has 0 spiro atoms. The van der Waals surface area contributed by atoms with Gasteiger partial charge >= 0.3 is 0 Å². The lowest BCUT2D eigenvalue weighted by molar-refractivity contribution is 0.476. The summed E-state index contributed by atoms with van der Waals surface area (Å²) >= 11 is 11.9. The Hall–Kier alpha value is -1.00. The number of imidazole rings is 2. The van der Waals surface area contributed by atoms with Crippen LogP contribution in [0.15, 0.2) is 6.20 Å². The van der Waals surface area contributed by atoms with Gasteiger partial charge in [0, 0.05) is 36.7 Å². The third-order valence-corrected chi connectivity index (χ3v) is 4.16. The standard InChI is InChI=1S/C14H20Cl2N4/c1-8(2)12-17-7-9(20(12)5)6-14(3,4)13-18-10(15)11(16)19-13/h7-8H,6H2,1-5H3,(H,18,19). The minimum absolute atomic E-state index is 0.196. The molecular formula is C14H20Cl2N4. The van der Waals surface area contributed by atoms with Gasteiger partial charge in [0.05, 0.1) is 0 Å². The van der Waals surface area contributed by atoms with Crippen LogP contribution in [0, 0.1) is 0 Å². The van der Waals surface area contributed by atoms with Crippen molar-refractivity contribution in [3.63, 3.8) is 0 Å². The van der Waals surface area contributed by atoms with Gasteiger partial charge in [-0.1, -0.05) is 50.9 Å². The molecule has 110 valence electrons. The summed E-state index contributed by atoms with van der Waals surface area (Å²) in [5.41, 5.74) is 0.973. The molecule has 0 aliphatic rings. The molecule has 0 aliphatic carbocycles. The van der Waals surface area contributed by atoms with Gasteiger partial charge in [-0.25, -0.2) is 9.97 Å². The van der Waals surface area contributed by atoms with Crippen molar-refractivity contribution in [1.29, 1.82) is 0 Å². The van der Waals surface area contributed by atoms with Crippen molar-refractivity contribution in [2.45, 2.75) is 45.4 Å². The molecule has 0 aliphatic heterocycles. The van der Waals surface area contributed by atoms with Crippen LogP contribution in [0.5, 0.6) is 0 Å². The number of aromatic amines is 1. The van der Waals surface area contributed by atoms with Crippen molar-refractivity contribution in [3.8, 4) is 0 Å². The zero-order valence-electron chi connectivity index (χ0n) is 12.5. The Bertz CT molecular complexity index is 591. The second-order valence-corrected chi connectivity index (χ2v) is 6.81. The normalized spacial score (nSPS) is 12.4. The molecule has 2 heterocycles. The summed E-state index contributed by atoms with van der Waals surface area (Å²) in [6.45, 7) is 8.51. The zero-order chi connectivity index (χ0) is 15.1. The number of H-pyrrole nitrogens is 1. The highest BCUT2D eigenvalue weighted by atomic mass is 35.5. The maximum atomic E-state index is 5.95. The Morgan fingerprint density at radius 3 is 2.45 bits per heavy atom. The molecule has 0 unspecified atom stereocenters. The minimum Gasteiger partial charge on any atom is -0.335 e. The molecule has 0 radical (unpaired) electrons. The molecule has 2 aromatic rings. The Labute approximate surface area is 129 Å². The summed E-state index contributed by atoms with van der Waals surface area (Å²) in [4.78, 5) is 11.8. The number of halogens is 2. The first-order valence-electron chi connectivity index (χ1n) is 6.64. The van der Waals surface area contributed by atoms with E-state index in [4.69, 9.17) is 23.2 Å².